The van der Waals surface area contributed by atoms with E-state index in [-0.39, 0.29) is 24.7 Å². The average molecular weight is 337 g/mol. The fourth-order valence-electron chi connectivity index (χ4n) is 4.15. The minimum absolute atomic E-state index is 0.0918. The van der Waals surface area contributed by atoms with Gasteiger partial charge >= 0.3 is 0 Å². The van der Waals surface area contributed by atoms with E-state index in [9.17, 15) is 9.90 Å². The number of allylic oxidation sites excluding steroid dienone is 1. The predicted octanol–water partition coefficient (Wildman–Crippen LogP) is 2.74. The highest BCUT2D eigenvalue weighted by Crippen LogP contribution is 2.43. The molecule has 0 aromatic rings. The van der Waals surface area contributed by atoms with Crippen LogP contribution in [0.5, 0.6) is 0 Å². The molecule has 0 unspecified atom stereocenters. The van der Waals surface area contributed by atoms with E-state index in [0.29, 0.717) is 30.2 Å². The van der Waals surface area contributed by atoms with Crippen molar-refractivity contribution in [1.29, 1.82) is 0 Å². The first-order chi connectivity index (χ1) is 11.7. The maximum atomic E-state index is 12.5. The summed E-state index contributed by atoms with van der Waals surface area (Å²) >= 11 is 0. The van der Waals surface area contributed by atoms with Crippen molar-refractivity contribution in [1.82, 2.24) is 5.32 Å². The molecule has 0 saturated heterocycles. The van der Waals surface area contributed by atoms with Gasteiger partial charge in [-0.2, -0.15) is 0 Å². The first-order valence-corrected chi connectivity index (χ1v) is 9.64. The number of carbonyl (C=O) groups is 1. The lowest BCUT2D eigenvalue weighted by atomic mass is 9.76. The Kier molecular flexibility index (Phi) is 6.17. The van der Waals surface area contributed by atoms with Crippen LogP contribution in [0, 0.1) is 17.8 Å². The molecule has 5 nitrogen and oxygen atoms in total. The zero-order chi connectivity index (χ0) is 16.9. The molecule has 136 valence electrons. The highest BCUT2D eigenvalue weighted by atomic mass is 16.7. The number of rotatable bonds is 8. The van der Waals surface area contributed by atoms with Gasteiger partial charge in [0.05, 0.1) is 0 Å². The molecule has 2 fully saturated rings. The lowest BCUT2D eigenvalue weighted by molar-refractivity contribution is -0.176. The van der Waals surface area contributed by atoms with Crippen molar-refractivity contribution >= 4 is 5.91 Å². The van der Waals surface area contributed by atoms with Crippen molar-refractivity contribution in [3.8, 4) is 0 Å². The average Bonchev–Trinajstić information content (AvgIpc) is 3.23. The van der Waals surface area contributed by atoms with Crippen molar-refractivity contribution in [3.05, 3.63) is 11.8 Å². The molecule has 1 aliphatic heterocycles. The van der Waals surface area contributed by atoms with Gasteiger partial charge in [0, 0.05) is 25.2 Å². The summed E-state index contributed by atoms with van der Waals surface area (Å²) in [5, 5.41) is 12.3. The second kappa shape index (κ2) is 8.34. The molecule has 0 aromatic carbocycles. The molecule has 2 N–H and O–H groups in total. The van der Waals surface area contributed by atoms with Crippen LogP contribution in [0.15, 0.2) is 11.8 Å². The number of aliphatic hydroxyl groups is 1. The summed E-state index contributed by atoms with van der Waals surface area (Å²) in [6.07, 6.45) is 10.4. The normalized spacial score (nSPS) is 30.8. The van der Waals surface area contributed by atoms with Gasteiger partial charge in [-0.3, -0.25) is 4.79 Å². The molecule has 0 radical (unpaired) electrons. The maximum absolute atomic E-state index is 12.5. The molecule has 2 aliphatic carbocycles. The van der Waals surface area contributed by atoms with Crippen LogP contribution < -0.4 is 5.32 Å². The third-order valence-corrected chi connectivity index (χ3v) is 5.54. The zero-order valence-electron chi connectivity index (χ0n) is 14.7. The number of hydrogen-bond donors (Lipinski definition) is 2. The Morgan fingerprint density at radius 2 is 2.08 bits per heavy atom. The maximum Gasteiger partial charge on any atom is 0.286 e. The van der Waals surface area contributed by atoms with Gasteiger partial charge < -0.3 is 19.9 Å². The monoisotopic (exact) mass is 337 g/mol. The second-order valence-electron chi connectivity index (χ2n) is 7.37. The summed E-state index contributed by atoms with van der Waals surface area (Å²) < 4.78 is 11.8. The van der Waals surface area contributed by atoms with E-state index in [2.05, 4.69) is 11.4 Å². The van der Waals surface area contributed by atoms with E-state index >= 15 is 0 Å². The molecule has 0 aromatic heterocycles. The van der Waals surface area contributed by atoms with Crippen LogP contribution in [0.4, 0.5) is 0 Å². The summed E-state index contributed by atoms with van der Waals surface area (Å²) in [7, 11) is 0. The van der Waals surface area contributed by atoms with E-state index in [1.54, 1.807) is 0 Å². The molecule has 0 spiro atoms. The molecule has 0 bridgehead atoms. The van der Waals surface area contributed by atoms with Gasteiger partial charge in [0.25, 0.3) is 5.91 Å². The van der Waals surface area contributed by atoms with Crippen LogP contribution in [0.25, 0.3) is 0 Å². The Morgan fingerprint density at radius 1 is 1.33 bits per heavy atom. The van der Waals surface area contributed by atoms with Crippen LogP contribution in [0.2, 0.25) is 0 Å². The topological polar surface area (TPSA) is 67.8 Å². The first-order valence-electron chi connectivity index (χ1n) is 9.64. The molecule has 3 rings (SSSR count). The zero-order valence-corrected chi connectivity index (χ0v) is 14.7. The van der Waals surface area contributed by atoms with Gasteiger partial charge in [-0.05, 0) is 63.4 Å². The third-order valence-electron chi connectivity index (χ3n) is 5.54. The van der Waals surface area contributed by atoms with Gasteiger partial charge in [0.1, 0.15) is 0 Å². The molecular formula is C19H31NO4. The Hall–Kier alpha value is -1.07. The number of hydrogen-bond acceptors (Lipinski definition) is 4. The second-order valence-corrected chi connectivity index (χ2v) is 7.37. The van der Waals surface area contributed by atoms with Gasteiger partial charge in [0.15, 0.2) is 5.76 Å². The molecule has 3 atom stereocenters. The molecular weight excluding hydrogens is 306 g/mol. The van der Waals surface area contributed by atoms with Crippen molar-refractivity contribution in [2.45, 2.75) is 70.6 Å². The molecule has 2 saturated carbocycles. The number of amides is 1. The van der Waals surface area contributed by atoms with E-state index < -0.39 is 0 Å². The fourth-order valence-corrected chi connectivity index (χ4v) is 4.15. The molecule has 3 aliphatic rings. The predicted molar refractivity (Wildman–Crippen MR) is 91.0 cm³/mol. The SMILES string of the molecule is CCO[C@H]1OC(C(=O)NC2CC2)=C[C@@H](C2CCCC2)[C@H]1CCCO. The van der Waals surface area contributed by atoms with E-state index in [0.717, 1.165) is 25.7 Å². The highest BCUT2D eigenvalue weighted by molar-refractivity contribution is 5.92. The van der Waals surface area contributed by atoms with E-state index in [4.69, 9.17) is 9.47 Å². The quantitative estimate of drug-likeness (QED) is 0.715. The fraction of sp³-hybridized carbons (Fsp3) is 0.842. The Bertz CT molecular complexity index is 454. The number of nitrogens with one attached hydrogen (secondary N) is 1. The van der Waals surface area contributed by atoms with Gasteiger partial charge in [0.2, 0.25) is 6.29 Å². The first kappa shape index (κ1) is 17.7. The van der Waals surface area contributed by atoms with Crippen LogP contribution in [0.1, 0.15) is 58.3 Å². The Morgan fingerprint density at radius 3 is 2.71 bits per heavy atom. The van der Waals surface area contributed by atoms with Crippen molar-refractivity contribution in [3.63, 3.8) is 0 Å². The number of carbonyl (C=O) groups excluding carboxylic acids is 1. The van der Waals surface area contributed by atoms with Gasteiger partial charge in [-0.1, -0.05) is 12.8 Å². The summed E-state index contributed by atoms with van der Waals surface area (Å²) in [6.45, 7) is 2.71. The van der Waals surface area contributed by atoms with E-state index in [1.807, 2.05) is 6.92 Å². The third kappa shape index (κ3) is 4.31. The highest BCUT2D eigenvalue weighted by Gasteiger charge is 2.41. The lowest BCUT2D eigenvalue weighted by Gasteiger charge is -2.39. The van der Waals surface area contributed by atoms with Crippen LogP contribution in [-0.2, 0) is 14.3 Å². The summed E-state index contributed by atoms with van der Waals surface area (Å²) in [5.74, 6) is 1.48. The van der Waals surface area contributed by atoms with Crippen molar-refractivity contribution in [2.24, 2.45) is 17.8 Å². The minimum atomic E-state index is -0.378. The molecule has 24 heavy (non-hydrogen) atoms. The van der Waals surface area contributed by atoms with Crippen LogP contribution >= 0.6 is 0 Å². The Balaban J connectivity index is 1.79. The number of aliphatic hydroxyl groups excluding tert-OH is 1. The minimum Gasteiger partial charge on any atom is -0.459 e. The molecule has 1 amide bonds. The van der Waals surface area contributed by atoms with Gasteiger partial charge in [-0.25, -0.2) is 0 Å². The summed E-state index contributed by atoms with van der Waals surface area (Å²) in [4.78, 5) is 12.5. The molecule has 1 heterocycles. The van der Waals surface area contributed by atoms with Crippen molar-refractivity contribution in [2.75, 3.05) is 13.2 Å². The summed E-state index contributed by atoms with van der Waals surface area (Å²) in [6, 6.07) is 0.324. The standard InChI is InChI=1S/C19H31NO4/c1-2-23-19-15(8-5-11-21)16(13-6-3-4-7-13)12-17(24-19)18(22)20-14-9-10-14/h12-16,19,21H,2-11H2,1H3,(H,20,22)/t15-,16+,19+/m1/s1. The van der Waals surface area contributed by atoms with Gasteiger partial charge in [-0.15, -0.1) is 0 Å². The Labute approximate surface area is 144 Å². The van der Waals surface area contributed by atoms with Crippen LogP contribution in [-0.4, -0.2) is 36.6 Å². The van der Waals surface area contributed by atoms with Crippen LogP contribution in [0.3, 0.4) is 0 Å². The summed E-state index contributed by atoms with van der Waals surface area (Å²) in [5.41, 5.74) is 0. The lowest BCUT2D eigenvalue weighted by Crippen LogP contribution is -2.42. The smallest absolute Gasteiger partial charge is 0.286 e. The largest absolute Gasteiger partial charge is 0.459 e. The molecule has 5 heteroatoms. The number of ether oxygens (including phenoxy) is 2. The van der Waals surface area contributed by atoms with E-state index in [1.165, 1.54) is 25.7 Å². The van der Waals surface area contributed by atoms with Crippen molar-refractivity contribution < 1.29 is 19.4 Å².